The number of esters is 2. The largest absolute Gasteiger partial charge is 0.462 e. The van der Waals surface area contributed by atoms with E-state index in [0.717, 1.165) is 83.5 Å². The van der Waals surface area contributed by atoms with E-state index in [9.17, 15) is 9.59 Å². The van der Waals surface area contributed by atoms with Crippen molar-refractivity contribution in [2.45, 2.75) is 284 Å². The van der Waals surface area contributed by atoms with E-state index in [0.29, 0.717) is 19.4 Å². The Kier molecular flexibility index (Phi) is 55.9. The maximum absolute atomic E-state index is 12.9. The van der Waals surface area contributed by atoms with Crippen LogP contribution in [0.5, 0.6) is 0 Å². The SMILES string of the molecule is CC/C=C\C/C=C\C/C=C\CCCCCCCCOCC(COC(=O)CCCCCCCCCCC/C=C\C/C=C\CCCCC)OC(=O)CCCCCCCCC/C=C\C/C=C\CCCCC. The second-order valence-electron chi connectivity index (χ2n) is 19.2. The van der Waals surface area contributed by atoms with Gasteiger partial charge in [0.05, 0.1) is 6.61 Å². The molecule has 68 heavy (non-hydrogen) atoms. The first-order valence-electron chi connectivity index (χ1n) is 29.1. The molecule has 0 aromatic carbocycles. The van der Waals surface area contributed by atoms with Crippen molar-refractivity contribution in [2.75, 3.05) is 19.8 Å². The molecule has 1 unspecified atom stereocenters. The second kappa shape index (κ2) is 58.4. The molecular weight excluding hydrogens is 837 g/mol. The van der Waals surface area contributed by atoms with Crippen LogP contribution in [0, 0.1) is 0 Å². The van der Waals surface area contributed by atoms with Crippen LogP contribution in [0.25, 0.3) is 0 Å². The van der Waals surface area contributed by atoms with Gasteiger partial charge in [-0.25, -0.2) is 0 Å². The first-order chi connectivity index (χ1) is 33.6. The first kappa shape index (κ1) is 65.1. The summed E-state index contributed by atoms with van der Waals surface area (Å²) in [4.78, 5) is 25.5. The number of allylic oxidation sites excluding steroid dienone is 14. The highest BCUT2D eigenvalue weighted by molar-refractivity contribution is 5.70. The van der Waals surface area contributed by atoms with Gasteiger partial charge in [-0.15, -0.1) is 0 Å². The topological polar surface area (TPSA) is 61.8 Å². The van der Waals surface area contributed by atoms with Gasteiger partial charge < -0.3 is 14.2 Å². The molecule has 5 heteroatoms. The maximum Gasteiger partial charge on any atom is 0.306 e. The number of carbonyl (C=O) groups is 2. The number of rotatable bonds is 53. The smallest absolute Gasteiger partial charge is 0.306 e. The third-order valence-electron chi connectivity index (χ3n) is 12.4. The summed E-state index contributed by atoms with van der Waals surface area (Å²) in [5.74, 6) is -0.413. The van der Waals surface area contributed by atoms with Gasteiger partial charge in [-0.1, -0.05) is 234 Å². The molecule has 0 spiro atoms. The normalized spacial score (nSPS) is 12.8. The molecule has 5 nitrogen and oxygen atoms in total. The minimum absolute atomic E-state index is 0.0719. The van der Waals surface area contributed by atoms with Crippen LogP contribution >= 0.6 is 0 Å². The van der Waals surface area contributed by atoms with Gasteiger partial charge in [-0.2, -0.15) is 0 Å². The summed E-state index contributed by atoms with van der Waals surface area (Å²) in [6, 6.07) is 0. The van der Waals surface area contributed by atoms with Gasteiger partial charge in [0.2, 0.25) is 0 Å². The second-order valence-corrected chi connectivity index (χ2v) is 19.2. The molecule has 0 bridgehead atoms. The van der Waals surface area contributed by atoms with Crippen LogP contribution in [0.4, 0.5) is 0 Å². The van der Waals surface area contributed by atoms with Gasteiger partial charge in [0.1, 0.15) is 6.61 Å². The third-order valence-corrected chi connectivity index (χ3v) is 12.4. The summed E-state index contributed by atoms with van der Waals surface area (Å²) in [6.07, 6.45) is 77.4. The Labute approximate surface area is 422 Å². The molecule has 1 atom stereocenters. The van der Waals surface area contributed by atoms with E-state index in [4.69, 9.17) is 14.2 Å². The van der Waals surface area contributed by atoms with E-state index < -0.39 is 6.10 Å². The highest BCUT2D eigenvalue weighted by Crippen LogP contribution is 2.15. The monoisotopic (exact) mass is 947 g/mol. The minimum Gasteiger partial charge on any atom is -0.462 e. The van der Waals surface area contributed by atoms with E-state index in [1.165, 1.54) is 161 Å². The fourth-order valence-electron chi connectivity index (χ4n) is 8.06. The summed E-state index contributed by atoms with van der Waals surface area (Å²) >= 11 is 0. The van der Waals surface area contributed by atoms with Gasteiger partial charge in [-0.3, -0.25) is 9.59 Å². The average molecular weight is 948 g/mol. The lowest BCUT2D eigenvalue weighted by Crippen LogP contribution is -2.30. The van der Waals surface area contributed by atoms with Crippen LogP contribution in [0.2, 0.25) is 0 Å². The molecule has 0 aliphatic heterocycles. The zero-order valence-corrected chi connectivity index (χ0v) is 45.1. The van der Waals surface area contributed by atoms with Crippen LogP contribution in [0.15, 0.2) is 85.1 Å². The van der Waals surface area contributed by atoms with Gasteiger partial charge in [-0.05, 0) is 116 Å². The van der Waals surface area contributed by atoms with Crippen molar-refractivity contribution in [3.05, 3.63) is 85.1 Å². The first-order valence-corrected chi connectivity index (χ1v) is 29.1. The Morgan fingerprint density at radius 2 is 0.662 bits per heavy atom. The zero-order chi connectivity index (χ0) is 49.2. The molecule has 0 radical (unpaired) electrons. The quantitative estimate of drug-likeness (QED) is 0.0345. The van der Waals surface area contributed by atoms with Crippen LogP contribution < -0.4 is 0 Å². The Bertz CT molecular complexity index is 1250. The van der Waals surface area contributed by atoms with E-state index in [-0.39, 0.29) is 25.2 Å². The van der Waals surface area contributed by atoms with Crippen molar-refractivity contribution in [1.82, 2.24) is 0 Å². The van der Waals surface area contributed by atoms with Gasteiger partial charge >= 0.3 is 11.9 Å². The molecule has 0 aliphatic carbocycles. The van der Waals surface area contributed by atoms with Crippen molar-refractivity contribution in [1.29, 1.82) is 0 Å². The summed E-state index contributed by atoms with van der Waals surface area (Å²) < 4.78 is 17.5. The van der Waals surface area contributed by atoms with Crippen LogP contribution in [-0.2, 0) is 23.8 Å². The fraction of sp³-hybridized carbons (Fsp3) is 0.746. The van der Waals surface area contributed by atoms with Crippen molar-refractivity contribution in [3.63, 3.8) is 0 Å². The number of unbranched alkanes of at least 4 members (excludes halogenated alkanes) is 28. The predicted octanol–water partition coefficient (Wildman–Crippen LogP) is 20.0. The molecule has 0 amide bonds. The third kappa shape index (κ3) is 55.7. The van der Waals surface area contributed by atoms with Crippen molar-refractivity contribution < 1.29 is 23.8 Å². The summed E-state index contributed by atoms with van der Waals surface area (Å²) in [7, 11) is 0. The highest BCUT2D eigenvalue weighted by atomic mass is 16.6. The van der Waals surface area contributed by atoms with Gasteiger partial charge in [0.25, 0.3) is 0 Å². The van der Waals surface area contributed by atoms with Gasteiger partial charge in [0, 0.05) is 19.4 Å². The van der Waals surface area contributed by atoms with Crippen LogP contribution in [-0.4, -0.2) is 37.9 Å². The van der Waals surface area contributed by atoms with Crippen molar-refractivity contribution >= 4 is 11.9 Å². The van der Waals surface area contributed by atoms with Crippen molar-refractivity contribution in [3.8, 4) is 0 Å². The standard InChI is InChI=1S/C63H110O5/c1-4-7-10-13-16-19-22-25-28-31-32-34-35-38-41-44-47-50-53-56-62(64)67-60-61(59-66-58-55-52-49-46-43-40-37-30-27-24-21-18-15-12-9-6-3)68-63(65)57-54-51-48-45-42-39-36-33-29-26-23-20-17-14-11-8-5-2/h9,12,16-21,25-30,61H,4-8,10-11,13-15,22-24,31-60H2,1-3H3/b12-9-,19-16-,20-17-,21-18-,28-25-,29-26-,30-27-. The van der Waals surface area contributed by atoms with E-state index in [2.05, 4.69) is 106 Å². The molecule has 0 aromatic heterocycles. The lowest BCUT2D eigenvalue weighted by molar-refractivity contribution is -0.163. The van der Waals surface area contributed by atoms with Gasteiger partial charge in [0.15, 0.2) is 6.10 Å². The molecule has 0 saturated heterocycles. The van der Waals surface area contributed by atoms with Crippen LogP contribution in [0.1, 0.15) is 278 Å². The Balaban J connectivity index is 4.31. The summed E-state index contributed by atoms with van der Waals surface area (Å²) in [5, 5.41) is 0. The molecule has 0 aliphatic rings. The van der Waals surface area contributed by atoms with Crippen molar-refractivity contribution in [2.24, 2.45) is 0 Å². The Morgan fingerprint density at radius 3 is 1.06 bits per heavy atom. The summed E-state index contributed by atoms with van der Waals surface area (Å²) in [5.41, 5.74) is 0. The minimum atomic E-state index is -0.554. The number of carbonyl (C=O) groups excluding carboxylic acids is 2. The lowest BCUT2D eigenvalue weighted by Gasteiger charge is -2.18. The Morgan fingerprint density at radius 1 is 0.338 bits per heavy atom. The number of hydrogen-bond donors (Lipinski definition) is 0. The van der Waals surface area contributed by atoms with E-state index in [1.54, 1.807) is 0 Å². The van der Waals surface area contributed by atoms with E-state index in [1.807, 2.05) is 0 Å². The molecule has 0 heterocycles. The molecule has 0 aromatic rings. The van der Waals surface area contributed by atoms with Crippen LogP contribution in [0.3, 0.4) is 0 Å². The maximum atomic E-state index is 12.9. The molecule has 0 N–H and O–H groups in total. The molecular formula is C63H110O5. The zero-order valence-electron chi connectivity index (χ0n) is 45.1. The molecule has 392 valence electrons. The lowest BCUT2D eigenvalue weighted by atomic mass is 10.1. The molecule has 0 saturated carbocycles. The fourth-order valence-corrected chi connectivity index (χ4v) is 8.06. The number of ether oxygens (including phenoxy) is 3. The molecule has 0 fully saturated rings. The molecule has 0 rings (SSSR count). The van der Waals surface area contributed by atoms with E-state index >= 15 is 0 Å². The Hall–Kier alpha value is -2.92. The average Bonchev–Trinajstić information content (AvgIpc) is 3.34. The number of hydrogen-bond acceptors (Lipinski definition) is 5. The summed E-state index contributed by atoms with van der Waals surface area (Å²) in [6.45, 7) is 7.65. The predicted molar refractivity (Wildman–Crippen MR) is 297 cm³/mol. The highest BCUT2D eigenvalue weighted by Gasteiger charge is 2.17.